The Morgan fingerprint density at radius 1 is 0.912 bits per heavy atom. The van der Waals surface area contributed by atoms with Gasteiger partial charge in [-0.15, -0.1) is 0 Å². The molecule has 4 fully saturated rings. The molecule has 0 aromatic carbocycles. The predicted molar refractivity (Wildman–Crippen MR) is 141 cm³/mol. The average molecular weight is 477 g/mol. The molecule has 0 aromatic heterocycles. The summed E-state index contributed by atoms with van der Waals surface area (Å²) in [5.74, 6) is 4.46. The van der Waals surface area contributed by atoms with Crippen molar-refractivity contribution < 1.29 is 10.2 Å². The van der Waals surface area contributed by atoms with Gasteiger partial charge in [-0.1, -0.05) is 53.9 Å². The Hall–Kier alpha value is -0.160. The maximum Gasteiger partial charge on any atom is 0.0771 e. The fourth-order valence-electron chi connectivity index (χ4n) is 10.3. The van der Waals surface area contributed by atoms with Crippen molar-refractivity contribution in [1.29, 1.82) is 0 Å². The molecule has 0 aliphatic heterocycles. The van der Waals surface area contributed by atoms with Gasteiger partial charge in [0.15, 0.2) is 0 Å². The minimum absolute atomic E-state index is 0.0436. The Labute approximate surface area is 210 Å². The Bertz CT molecular complexity index is 699. The van der Waals surface area contributed by atoms with Gasteiger partial charge in [-0.05, 0) is 104 Å². The molecular weight excluding hydrogens is 420 g/mol. The molecule has 0 bridgehead atoms. The van der Waals surface area contributed by atoms with Crippen LogP contribution < -0.4 is 11.5 Å². The summed E-state index contributed by atoms with van der Waals surface area (Å²) in [6, 6.07) is -0.0825. The van der Waals surface area contributed by atoms with Crippen molar-refractivity contribution in [2.75, 3.05) is 6.54 Å². The molecule has 34 heavy (non-hydrogen) atoms. The Balaban J connectivity index is 1.60. The topological polar surface area (TPSA) is 92.5 Å². The summed E-state index contributed by atoms with van der Waals surface area (Å²) < 4.78 is 0. The summed E-state index contributed by atoms with van der Waals surface area (Å²) >= 11 is 0. The number of aliphatic hydroxyl groups excluding tert-OH is 1. The van der Waals surface area contributed by atoms with Gasteiger partial charge in [0.05, 0.1) is 11.7 Å². The molecule has 11 atom stereocenters. The van der Waals surface area contributed by atoms with Crippen molar-refractivity contribution in [1.82, 2.24) is 0 Å². The van der Waals surface area contributed by atoms with E-state index < -0.39 is 11.7 Å². The highest BCUT2D eigenvalue weighted by Crippen LogP contribution is 2.70. The largest absolute Gasteiger partial charge is 0.393 e. The first-order chi connectivity index (χ1) is 16.0. The van der Waals surface area contributed by atoms with E-state index in [4.69, 9.17) is 11.5 Å². The van der Waals surface area contributed by atoms with Gasteiger partial charge in [0, 0.05) is 18.4 Å². The maximum absolute atomic E-state index is 12.3. The van der Waals surface area contributed by atoms with Crippen molar-refractivity contribution in [3.8, 4) is 0 Å². The van der Waals surface area contributed by atoms with E-state index in [1.807, 2.05) is 0 Å². The van der Waals surface area contributed by atoms with E-state index in [0.29, 0.717) is 30.2 Å². The molecule has 4 saturated carbocycles. The second-order valence-electron chi connectivity index (χ2n) is 14.2. The number of nitrogens with two attached hydrogens (primary N) is 2. The van der Waals surface area contributed by atoms with Gasteiger partial charge < -0.3 is 21.7 Å². The third-order valence-corrected chi connectivity index (χ3v) is 12.1. The highest BCUT2D eigenvalue weighted by molar-refractivity contribution is 5.18. The van der Waals surface area contributed by atoms with Crippen LogP contribution in [0.15, 0.2) is 0 Å². The van der Waals surface area contributed by atoms with Crippen LogP contribution >= 0.6 is 0 Å². The standard InChI is InChI=1S/C30H56N2O2/c1-19(2)7-6-8-20(3)23-9-10-24-22-17-26(27(32)13-16-31)30(34)18-21(33)11-15-29(30,5)25(22)12-14-28(23,24)4/h19-27,33-34H,6-18,31-32H2,1-5H3/t20-,21?,22+,23-,24+,25+,26?,27?,28-,29-,30?/m1/s1. The summed E-state index contributed by atoms with van der Waals surface area (Å²) in [4.78, 5) is 0. The van der Waals surface area contributed by atoms with E-state index in [0.717, 1.165) is 49.4 Å². The Kier molecular flexibility index (Phi) is 7.87. The van der Waals surface area contributed by atoms with Crippen LogP contribution in [0.4, 0.5) is 0 Å². The predicted octanol–water partition coefficient (Wildman–Crippen LogP) is 5.49. The van der Waals surface area contributed by atoms with Crippen molar-refractivity contribution in [2.24, 2.45) is 63.7 Å². The van der Waals surface area contributed by atoms with E-state index in [-0.39, 0.29) is 17.4 Å². The molecule has 0 saturated heterocycles. The van der Waals surface area contributed by atoms with Gasteiger partial charge in [-0.2, -0.15) is 0 Å². The lowest BCUT2D eigenvalue weighted by molar-refractivity contribution is -0.251. The normalized spacial score (nSPS) is 48.2. The second kappa shape index (κ2) is 9.95. The first kappa shape index (κ1) is 26.9. The number of hydrogen-bond donors (Lipinski definition) is 4. The van der Waals surface area contributed by atoms with Crippen LogP contribution in [0.5, 0.6) is 0 Å². The molecule has 198 valence electrons. The highest BCUT2D eigenvalue weighted by Gasteiger charge is 2.68. The van der Waals surface area contributed by atoms with Gasteiger partial charge in [0.1, 0.15) is 0 Å². The molecule has 0 spiro atoms. The molecule has 0 heterocycles. The maximum atomic E-state index is 12.3. The molecule has 6 N–H and O–H groups in total. The molecule has 4 unspecified atom stereocenters. The summed E-state index contributed by atoms with van der Waals surface area (Å²) in [5.41, 5.74) is 12.1. The van der Waals surface area contributed by atoms with Crippen LogP contribution in [-0.2, 0) is 0 Å². The van der Waals surface area contributed by atoms with E-state index in [1.165, 1.54) is 44.9 Å². The summed E-state index contributed by atoms with van der Waals surface area (Å²) in [6.45, 7) is 12.8. The van der Waals surface area contributed by atoms with Crippen LogP contribution in [0.3, 0.4) is 0 Å². The summed E-state index contributed by atoms with van der Waals surface area (Å²) in [7, 11) is 0. The fraction of sp³-hybridized carbons (Fsp3) is 1.00. The van der Waals surface area contributed by atoms with Gasteiger partial charge in [-0.25, -0.2) is 0 Å². The van der Waals surface area contributed by atoms with Crippen molar-refractivity contribution >= 4 is 0 Å². The van der Waals surface area contributed by atoms with Crippen molar-refractivity contribution in [2.45, 2.75) is 129 Å². The van der Waals surface area contributed by atoms with Gasteiger partial charge >= 0.3 is 0 Å². The van der Waals surface area contributed by atoms with Gasteiger partial charge in [0.25, 0.3) is 0 Å². The van der Waals surface area contributed by atoms with Crippen LogP contribution in [0.1, 0.15) is 112 Å². The van der Waals surface area contributed by atoms with Crippen LogP contribution in [0.2, 0.25) is 0 Å². The van der Waals surface area contributed by atoms with Crippen molar-refractivity contribution in [3.05, 3.63) is 0 Å². The molecule has 0 aromatic rings. The lowest BCUT2D eigenvalue weighted by atomic mass is 9.40. The van der Waals surface area contributed by atoms with Crippen molar-refractivity contribution in [3.63, 3.8) is 0 Å². The van der Waals surface area contributed by atoms with Gasteiger partial charge in [-0.3, -0.25) is 0 Å². The van der Waals surface area contributed by atoms with Crippen LogP contribution in [0.25, 0.3) is 0 Å². The summed E-state index contributed by atoms with van der Waals surface area (Å²) in [5, 5.41) is 22.9. The zero-order valence-corrected chi connectivity index (χ0v) is 22.9. The molecule has 4 aliphatic carbocycles. The number of hydrogen-bond acceptors (Lipinski definition) is 4. The van der Waals surface area contributed by atoms with E-state index >= 15 is 0 Å². The van der Waals surface area contributed by atoms with Crippen LogP contribution in [0, 0.1) is 52.3 Å². The minimum Gasteiger partial charge on any atom is -0.393 e. The molecular formula is C30H56N2O2. The smallest absolute Gasteiger partial charge is 0.0771 e. The second-order valence-corrected chi connectivity index (χ2v) is 14.2. The monoisotopic (exact) mass is 476 g/mol. The third-order valence-electron chi connectivity index (χ3n) is 12.1. The third kappa shape index (κ3) is 4.31. The quantitative estimate of drug-likeness (QED) is 0.373. The highest BCUT2D eigenvalue weighted by atomic mass is 16.3. The fourth-order valence-corrected chi connectivity index (χ4v) is 10.3. The SMILES string of the molecule is CC(C)CCC[C@@H](C)[C@H]1CC[C@H]2[C@@H]3CC(C(N)CCN)C4(O)CC(O)CC[C@]4(C)[C@H]3CC[C@]12C. The lowest BCUT2D eigenvalue weighted by Gasteiger charge is -2.67. The molecule has 4 rings (SSSR count). The molecule has 0 amide bonds. The van der Waals surface area contributed by atoms with Crippen LogP contribution in [-0.4, -0.2) is 34.5 Å². The first-order valence-corrected chi connectivity index (χ1v) is 14.8. The zero-order valence-electron chi connectivity index (χ0n) is 22.9. The molecule has 4 heteroatoms. The molecule has 4 aliphatic rings. The Morgan fingerprint density at radius 3 is 2.32 bits per heavy atom. The van der Waals surface area contributed by atoms with Gasteiger partial charge in [0.2, 0.25) is 0 Å². The first-order valence-electron chi connectivity index (χ1n) is 14.8. The average Bonchev–Trinajstić information content (AvgIpc) is 3.11. The number of rotatable bonds is 8. The van der Waals surface area contributed by atoms with E-state index in [2.05, 4.69) is 34.6 Å². The lowest BCUT2D eigenvalue weighted by Crippen LogP contribution is -2.69. The number of aliphatic hydroxyl groups is 2. The van der Waals surface area contributed by atoms with E-state index in [9.17, 15) is 10.2 Å². The minimum atomic E-state index is -0.865. The Morgan fingerprint density at radius 2 is 1.65 bits per heavy atom. The zero-order chi connectivity index (χ0) is 24.9. The molecule has 0 radical (unpaired) electrons. The molecule has 4 nitrogen and oxygen atoms in total. The number of fused-ring (bicyclic) bond motifs is 5. The van der Waals surface area contributed by atoms with E-state index in [1.54, 1.807) is 0 Å². The summed E-state index contributed by atoms with van der Waals surface area (Å²) in [6.07, 6.45) is 13.0.